The largest absolute Gasteiger partial charge is 0.493 e. The van der Waals surface area contributed by atoms with Crippen molar-refractivity contribution < 1.29 is 13.9 Å². The van der Waals surface area contributed by atoms with Gasteiger partial charge in [0.15, 0.2) is 0 Å². The van der Waals surface area contributed by atoms with Gasteiger partial charge in [-0.05, 0) is 76.4 Å². The first-order valence-electron chi connectivity index (χ1n) is 11.0. The van der Waals surface area contributed by atoms with Crippen molar-refractivity contribution >= 4 is 5.91 Å². The zero-order valence-corrected chi connectivity index (χ0v) is 19.9. The zero-order valence-electron chi connectivity index (χ0n) is 19.9. The SMILES string of the molecule is CC.CCC(COc1ccc(F)c(C)c1)CN(C(=O)c1cc(C)ccc1C)C(C)C. The topological polar surface area (TPSA) is 29.5 Å². The summed E-state index contributed by atoms with van der Waals surface area (Å²) in [5.74, 6) is 0.688. The van der Waals surface area contributed by atoms with Crippen molar-refractivity contribution in [2.75, 3.05) is 13.2 Å². The van der Waals surface area contributed by atoms with Crippen LogP contribution in [0.1, 0.15) is 68.1 Å². The van der Waals surface area contributed by atoms with Gasteiger partial charge in [-0.25, -0.2) is 4.39 Å². The fourth-order valence-corrected chi connectivity index (χ4v) is 3.15. The van der Waals surface area contributed by atoms with E-state index >= 15 is 0 Å². The van der Waals surface area contributed by atoms with Gasteiger partial charge in [-0.1, -0.05) is 38.5 Å². The second-order valence-electron chi connectivity index (χ2n) is 7.87. The first-order chi connectivity index (χ1) is 14.2. The Kier molecular flexibility index (Phi) is 10.6. The Balaban J connectivity index is 0.00000218. The van der Waals surface area contributed by atoms with E-state index in [4.69, 9.17) is 4.74 Å². The van der Waals surface area contributed by atoms with Crippen LogP contribution >= 0.6 is 0 Å². The van der Waals surface area contributed by atoms with E-state index in [1.165, 1.54) is 6.07 Å². The van der Waals surface area contributed by atoms with Gasteiger partial charge in [-0.15, -0.1) is 0 Å². The summed E-state index contributed by atoms with van der Waals surface area (Å²) in [5.41, 5.74) is 3.41. The van der Waals surface area contributed by atoms with Gasteiger partial charge in [-0.3, -0.25) is 4.79 Å². The molecule has 30 heavy (non-hydrogen) atoms. The maximum atomic E-state index is 13.4. The molecule has 1 amide bonds. The van der Waals surface area contributed by atoms with Crippen LogP contribution in [0.5, 0.6) is 5.75 Å². The molecular formula is C26H38FNO2. The summed E-state index contributed by atoms with van der Waals surface area (Å²) in [7, 11) is 0. The van der Waals surface area contributed by atoms with Crippen LogP contribution in [-0.4, -0.2) is 30.0 Å². The lowest BCUT2D eigenvalue weighted by Crippen LogP contribution is -2.41. The highest BCUT2D eigenvalue weighted by molar-refractivity contribution is 5.96. The van der Waals surface area contributed by atoms with E-state index in [0.29, 0.717) is 24.5 Å². The standard InChI is InChI=1S/C24H32FNO2.C2H6/c1-7-20(15-28-21-10-11-23(25)19(6)13-21)14-26(16(2)3)24(27)22-12-17(4)8-9-18(22)5;1-2/h8-13,16,20H,7,14-15H2,1-6H3;1-2H3. The maximum absolute atomic E-state index is 13.4. The Bertz CT molecular complexity index is 817. The predicted molar refractivity (Wildman–Crippen MR) is 124 cm³/mol. The summed E-state index contributed by atoms with van der Waals surface area (Å²) in [6.07, 6.45) is 0.892. The van der Waals surface area contributed by atoms with Crippen molar-refractivity contribution in [2.24, 2.45) is 5.92 Å². The second-order valence-corrected chi connectivity index (χ2v) is 7.87. The average Bonchev–Trinajstić information content (AvgIpc) is 2.73. The fraction of sp³-hybridized carbons (Fsp3) is 0.500. The minimum atomic E-state index is -0.232. The lowest BCUT2D eigenvalue weighted by atomic mass is 10.0. The number of amides is 1. The van der Waals surface area contributed by atoms with Crippen LogP contribution in [0.2, 0.25) is 0 Å². The lowest BCUT2D eigenvalue weighted by molar-refractivity contribution is 0.0643. The lowest BCUT2D eigenvalue weighted by Gasteiger charge is -2.31. The molecule has 0 heterocycles. The number of nitrogens with zero attached hydrogens (tertiary/aromatic N) is 1. The quantitative estimate of drug-likeness (QED) is 0.478. The van der Waals surface area contributed by atoms with E-state index in [1.807, 2.05) is 64.6 Å². The number of hydrogen-bond donors (Lipinski definition) is 0. The zero-order chi connectivity index (χ0) is 22.8. The number of hydrogen-bond acceptors (Lipinski definition) is 2. The molecule has 0 fully saturated rings. The van der Waals surface area contributed by atoms with Crippen LogP contribution < -0.4 is 4.74 Å². The minimum absolute atomic E-state index is 0.0623. The molecule has 0 spiro atoms. The van der Waals surface area contributed by atoms with Gasteiger partial charge < -0.3 is 9.64 Å². The van der Waals surface area contributed by atoms with E-state index < -0.39 is 0 Å². The van der Waals surface area contributed by atoms with Crippen LogP contribution in [0, 0.1) is 32.5 Å². The summed E-state index contributed by atoms with van der Waals surface area (Å²) in [4.78, 5) is 15.1. The molecule has 2 rings (SSSR count). The molecule has 0 radical (unpaired) electrons. The summed E-state index contributed by atoms with van der Waals surface area (Å²) in [5, 5.41) is 0. The first kappa shape index (κ1) is 25.7. The summed E-state index contributed by atoms with van der Waals surface area (Å²) >= 11 is 0. The van der Waals surface area contributed by atoms with Crippen molar-refractivity contribution in [1.82, 2.24) is 4.90 Å². The van der Waals surface area contributed by atoms with E-state index in [1.54, 1.807) is 19.1 Å². The van der Waals surface area contributed by atoms with Crippen molar-refractivity contribution in [2.45, 2.75) is 67.9 Å². The molecule has 0 saturated heterocycles. The number of carbonyl (C=O) groups excluding carboxylic acids is 1. The van der Waals surface area contributed by atoms with Gasteiger partial charge in [-0.2, -0.15) is 0 Å². The molecule has 0 aromatic heterocycles. The number of carbonyl (C=O) groups is 1. The van der Waals surface area contributed by atoms with Gasteiger partial charge in [0.1, 0.15) is 11.6 Å². The van der Waals surface area contributed by atoms with Crippen LogP contribution in [0.3, 0.4) is 0 Å². The van der Waals surface area contributed by atoms with Gasteiger partial charge in [0.2, 0.25) is 0 Å². The number of halogens is 1. The molecular weight excluding hydrogens is 377 g/mol. The van der Waals surface area contributed by atoms with Crippen LogP contribution in [0.15, 0.2) is 36.4 Å². The van der Waals surface area contributed by atoms with Crippen molar-refractivity contribution in [3.05, 3.63) is 64.5 Å². The highest BCUT2D eigenvalue weighted by Gasteiger charge is 2.23. The molecule has 2 aromatic carbocycles. The summed E-state index contributed by atoms with van der Waals surface area (Å²) in [6, 6.07) is 10.9. The molecule has 0 aliphatic carbocycles. The third-order valence-electron chi connectivity index (χ3n) is 5.16. The molecule has 0 bridgehead atoms. The molecule has 0 aliphatic rings. The van der Waals surface area contributed by atoms with E-state index in [-0.39, 0.29) is 23.7 Å². The Morgan fingerprint density at radius 3 is 2.27 bits per heavy atom. The maximum Gasteiger partial charge on any atom is 0.254 e. The van der Waals surface area contributed by atoms with Crippen molar-refractivity contribution in [1.29, 1.82) is 0 Å². The van der Waals surface area contributed by atoms with E-state index in [0.717, 1.165) is 23.1 Å². The normalized spacial score (nSPS) is 11.5. The van der Waals surface area contributed by atoms with Crippen LogP contribution in [0.4, 0.5) is 4.39 Å². The van der Waals surface area contributed by atoms with Gasteiger partial charge in [0.25, 0.3) is 5.91 Å². The fourth-order valence-electron chi connectivity index (χ4n) is 3.15. The van der Waals surface area contributed by atoms with Gasteiger partial charge in [0, 0.05) is 24.1 Å². The number of aryl methyl sites for hydroxylation is 3. The number of rotatable bonds is 8. The molecule has 0 aliphatic heterocycles. The molecule has 166 valence electrons. The Hall–Kier alpha value is -2.36. The Labute approximate surface area is 182 Å². The third-order valence-corrected chi connectivity index (χ3v) is 5.16. The average molecular weight is 416 g/mol. The van der Waals surface area contributed by atoms with Gasteiger partial charge in [0.05, 0.1) is 6.61 Å². The highest BCUT2D eigenvalue weighted by Crippen LogP contribution is 2.20. The number of benzene rings is 2. The third kappa shape index (κ3) is 7.16. The predicted octanol–water partition coefficient (Wildman–Crippen LogP) is 6.73. The monoisotopic (exact) mass is 415 g/mol. The molecule has 4 heteroatoms. The number of ether oxygens (including phenoxy) is 1. The molecule has 0 N–H and O–H groups in total. The van der Waals surface area contributed by atoms with Crippen molar-refractivity contribution in [3.63, 3.8) is 0 Å². The molecule has 0 saturated carbocycles. The minimum Gasteiger partial charge on any atom is -0.493 e. The Morgan fingerprint density at radius 1 is 1.03 bits per heavy atom. The Morgan fingerprint density at radius 2 is 1.70 bits per heavy atom. The van der Waals surface area contributed by atoms with Gasteiger partial charge >= 0.3 is 0 Å². The van der Waals surface area contributed by atoms with Crippen LogP contribution in [0.25, 0.3) is 0 Å². The second kappa shape index (κ2) is 12.4. The van der Waals surface area contributed by atoms with Crippen molar-refractivity contribution in [3.8, 4) is 5.75 Å². The molecule has 1 unspecified atom stereocenters. The molecule has 2 aromatic rings. The molecule has 3 nitrogen and oxygen atoms in total. The highest BCUT2D eigenvalue weighted by atomic mass is 19.1. The summed E-state index contributed by atoms with van der Waals surface area (Å²) in [6.45, 7) is 17.0. The first-order valence-corrected chi connectivity index (χ1v) is 11.0. The van der Waals surface area contributed by atoms with E-state index in [2.05, 4.69) is 6.92 Å². The summed E-state index contributed by atoms with van der Waals surface area (Å²) < 4.78 is 19.3. The smallest absolute Gasteiger partial charge is 0.254 e. The van der Waals surface area contributed by atoms with Crippen LogP contribution in [-0.2, 0) is 0 Å². The van der Waals surface area contributed by atoms with E-state index in [9.17, 15) is 9.18 Å². The molecule has 1 atom stereocenters.